The van der Waals surface area contributed by atoms with Crippen LogP contribution in [0.1, 0.15) is 60.5 Å². The number of ketones is 1. The standard InChI is InChI=1S/C21H23FN2O4S/c1-13(17-7-5-6-8-18(17)22)23-20-24-29(26,27)19(21(3,4)28-20)16-11-9-15(10-12-16)14(2)25/h5-13,19H,1-4H3,(H,23,24)/t13-,19?/m0/s1. The molecule has 1 heterocycles. The molecule has 29 heavy (non-hydrogen) atoms. The van der Waals surface area contributed by atoms with Gasteiger partial charge in [0.05, 0.1) is 6.04 Å². The number of ether oxygens (including phenoxy) is 1. The molecule has 1 N–H and O–H groups in total. The number of nitrogens with zero attached hydrogens (tertiary/aromatic N) is 1. The second kappa shape index (κ2) is 7.59. The molecule has 0 aromatic heterocycles. The summed E-state index contributed by atoms with van der Waals surface area (Å²) >= 11 is 0. The predicted molar refractivity (Wildman–Crippen MR) is 109 cm³/mol. The van der Waals surface area contributed by atoms with Crippen molar-refractivity contribution < 1.29 is 22.3 Å². The summed E-state index contributed by atoms with van der Waals surface area (Å²) in [6.45, 7) is 6.40. The van der Waals surface area contributed by atoms with Gasteiger partial charge in [0.1, 0.15) is 16.7 Å². The Labute approximate surface area is 169 Å². The average Bonchev–Trinajstić information content (AvgIpc) is 2.60. The third-order valence-corrected chi connectivity index (χ3v) is 6.74. The Morgan fingerprint density at radius 3 is 2.34 bits per heavy atom. The summed E-state index contributed by atoms with van der Waals surface area (Å²) in [6, 6.07) is 11.7. The van der Waals surface area contributed by atoms with Crippen LogP contribution in [0.4, 0.5) is 4.39 Å². The van der Waals surface area contributed by atoms with E-state index in [0.717, 1.165) is 0 Å². The van der Waals surface area contributed by atoms with Crippen LogP contribution in [0, 0.1) is 5.82 Å². The van der Waals surface area contributed by atoms with Crippen LogP contribution in [0.2, 0.25) is 0 Å². The smallest absolute Gasteiger partial charge is 0.299 e. The van der Waals surface area contributed by atoms with Gasteiger partial charge in [-0.1, -0.05) is 42.5 Å². The minimum atomic E-state index is -3.89. The van der Waals surface area contributed by atoms with E-state index in [-0.39, 0.29) is 11.8 Å². The Kier molecular flexibility index (Phi) is 5.49. The van der Waals surface area contributed by atoms with Gasteiger partial charge in [0, 0.05) is 11.1 Å². The molecule has 1 saturated heterocycles. The summed E-state index contributed by atoms with van der Waals surface area (Å²) in [4.78, 5) is 15.7. The Bertz CT molecular complexity index is 1060. The molecule has 0 saturated carbocycles. The van der Waals surface area contributed by atoms with Crippen molar-refractivity contribution in [3.63, 3.8) is 0 Å². The van der Waals surface area contributed by atoms with E-state index in [1.807, 2.05) is 0 Å². The quantitative estimate of drug-likeness (QED) is 0.763. The number of Topliss-reactive ketones (excluding diaryl/α,β-unsaturated/α-hetero) is 1. The predicted octanol–water partition coefficient (Wildman–Crippen LogP) is 3.91. The summed E-state index contributed by atoms with van der Waals surface area (Å²) in [7, 11) is -3.89. The van der Waals surface area contributed by atoms with E-state index in [1.165, 1.54) is 13.0 Å². The second-order valence-corrected chi connectivity index (χ2v) is 9.31. The van der Waals surface area contributed by atoms with Crippen molar-refractivity contribution in [1.82, 2.24) is 4.72 Å². The first-order chi connectivity index (χ1) is 13.5. The highest BCUT2D eigenvalue weighted by Gasteiger charge is 2.48. The van der Waals surface area contributed by atoms with Crippen LogP contribution >= 0.6 is 0 Å². The Hall–Kier alpha value is -2.74. The highest BCUT2D eigenvalue weighted by atomic mass is 32.2. The minimum absolute atomic E-state index is 0.103. The van der Waals surface area contributed by atoms with Crippen LogP contribution < -0.4 is 4.72 Å². The summed E-state index contributed by atoms with van der Waals surface area (Å²) in [5, 5.41) is -1.02. The van der Waals surface area contributed by atoms with E-state index in [0.29, 0.717) is 16.7 Å². The molecule has 2 aromatic rings. The summed E-state index contributed by atoms with van der Waals surface area (Å²) in [5.41, 5.74) is 0.182. The van der Waals surface area contributed by atoms with Gasteiger partial charge >= 0.3 is 0 Å². The molecule has 2 aromatic carbocycles. The Morgan fingerprint density at radius 2 is 1.79 bits per heavy atom. The van der Waals surface area contributed by atoms with Crippen molar-refractivity contribution in [3.05, 3.63) is 71.0 Å². The maximum Gasteiger partial charge on any atom is 0.299 e. The van der Waals surface area contributed by atoms with Gasteiger partial charge in [0.2, 0.25) is 10.0 Å². The molecule has 0 spiro atoms. The van der Waals surface area contributed by atoms with Crippen molar-refractivity contribution in [1.29, 1.82) is 0 Å². The first kappa shape index (κ1) is 21.0. The number of hydrogen-bond acceptors (Lipinski definition) is 5. The SMILES string of the molecule is CC(=O)c1ccc(C2C(C)(C)OC(=N[C@@H](C)c3ccccc3F)NS2(=O)=O)cc1. The number of carbonyl (C=O) groups excluding carboxylic acids is 1. The number of rotatable bonds is 4. The number of sulfonamides is 1. The van der Waals surface area contributed by atoms with Gasteiger partial charge in [-0.05, 0) is 39.3 Å². The lowest BCUT2D eigenvalue weighted by atomic mass is 9.96. The first-order valence-corrected chi connectivity index (χ1v) is 10.7. The molecule has 0 radical (unpaired) electrons. The fraction of sp³-hybridized carbons (Fsp3) is 0.333. The van der Waals surface area contributed by atoms with Crippen molar-refractivity contribution >= 4 is 21.8 Å². The van der Waals surface area contributed by atoms with Gasteiger partial charge in [-0.2, -0.15) is 0 Å². The summed E-state index contributed by atoms with van der Waals surface area (Å²) in [5.74, 6) is -0.529. The van der Waals surface area contributed by atoms with E-state index < -0.39 is 32.7 Å². The number of hydrogen-bond donors (Lipinski definition) is 1. The topological polar surface area (TPSA) is 84.8 Å². The number of aliphatic imine (C=N–C) groups is 1. The van der Waals surface area contributed by atoms with Crippen LogP contribution in [0.3, 0.4) is 0 Å². The van der Waals surface area contributed by atoms with Gasteiger partial charge < -0.3 is 4.74 Å². The third kappa shape index (κ3) is 4.32. The Balaban J connectivity index is 1.93. The first-order valence-electron chi connectivity index (χ1n) is 9.15. The average molecular weight is 418 g/mol. The van der Waals surface area contributed by atoms with E-state index >= 15 is 0 Å². The van der Waals surface area contributed by atoms with E-state index in [1.54, 1.807) is 63.2 Å². The molecule has 6 nitrogen and oxygen atoms in total. The number of benzene rings is 2. The molecule has 3 rings (SSSR count). The van der Waals surface area contributed by atoms with Gasteiger partial charge in [0.25, 0.3) is 6.02 Å². The number of carbonyl (C=O) groups is 1. The maximum absolute atomic E-state index is 14.0. The molecule has 1 unspecified atom stereocenters. The molecule has 1 aliphatic heterocycles. The highest BCUT2D eigenvalue weighted by Crippen LogP contribution is 2.39. The zero-order valence-electron chi connectivity index (χ0n) is 16.6. The summed E-state index contributed by atoms with van der Waals surface area (Å²) < 4.78 is 48.2. The molecule has 1 fully saturated rings. The molecule has 2 atom stereocenters. The molecular formula is C21H23FN2O4S. The molecule has 154 valence electrons. The van der Waals surface area contributed by atoms with Gasteiger partial charge in [0.15, 0.2) is 5.78 Å². The van der Waals surface area contributed by atoms with Crippen LogP contribution in [0.25, 0.3) is 0 Å². The van der Waals surface area contributed by atoms with Gasteiger partial charge in [-0.25, -0.2) is 22.5 Å². The highest BCUT2D eigenvalue weighted by molar-refractivity contribution is 7.90. The molecule has 0 bridgehead atoms. The molecule has 8 heteroatoms. The van der Waals surface area contributed by atoms with Crippen LogP contribution in [-0.4, -0.2) is 25.8 Å². The minimum Gasteiger partial charge on any atom is -0.457 e. The van der Waals surface area contributed by atoms with Crippen molar-refractivity contribution in [2.24, 2.45) is 4.99 Å². The zero-order chi connectivity index (χ0) is 21.4. The lowest BCUT2D eigenvalue weighted by Crippen LogP contribution is -2.53. The van der Waals surface area contributed by atoms with Gasteiger partial charge in [-0.15, -0.1) is 0 Å². The zero-order valence-corrected chi connectivity index (χ0v) is 17.5. The van der Waals surface area contributed by atoms with Crippen molar-refractivity contribution in [2.75, 3.05) is 0 Å². The van der Waals surface area contributed by atoms with Crippen LogP contribution in [0.5, 0.6) is 0 Å². The normalized spacial score (nSPS) is 22.4. The third-order valence-electron chi connectivity index (χ3n) is 4.82. The monoisotopic (exact) mass is 418 g/mol. The molecular weight excluding hydrogens is 395 g/mol. The van der Waals surface area contributed by atoms with Crippen molar-refractivity contribution in [3.8, 4) is 0 Å². The fourth-order valence-electron chi connectivity index (χ4n) is 3.46. The lowest BCUT2D eigenvalue weighted by molar-refractivity contribution is 0.0761. The number of halogens is 1. The van der Waals surface area contributed by atoms with Crippen LogP contribution in [-0.2, 0) is 14.8 Å². The number of nitrogens with one attached hydrogen (secondary N) is 1. The van der Waals surface area contributed by atoms with E-state index in [9.17, 15) is 17.6 Å². The van der Waals surface area contributed by atoms with Gasteiger partial charge in [-0.3, -0.25) is 4.79 Å². The molecule has 0 aliphatic carbocycles. The molecule has 1 aliphatic rings. The van der Waals surface area contributed by atoms with E-state index in [4.69, 9.17) is 4.74 Å². The Morgan fingerprint density at radius 1 is 1.17 bits per heavy atom. The fourth-order valence-corrected chi connectivity index (χ4v) is 5.23. The van der Waals surface area contributed by atoms with Crippen molar-refractivity contribution in [2.45, 2.75) is 44.6 Å². The van der Waals surface area contributed by atoms with E-state index in [2.05, 4.69) is 9.71 Å². The summed E-state index contributed by atoms with van der Waals surface area (Å²) in [6.07, 6.45) is 0. The lowest BCUT2D eigenvalue weighted by Gasteiger charge is -2.39. The number of amidine groups is 1. The second-order valence-electron chi connectivity index (χ2n) is 7.54. The maximum atomic E-state index is 14.0. The molecule has 0 amide bonds. The van der Waals surface area contributed by atoms with Crippen LogP contribution in [0.15, 0.2) is 53.5 Å². The largest absolute Gasteiger partial charge is 0.457 e.